The van der Waals surface area contributed by atoms with Crippen LogP contribution in [-0.2, 0) is 24.4 Å². The molecule has 2 aliphatic carbocycles. The van der Waals surface area contributed by atoms with Gasteiger partial charge >= 0.3 is 6.03 Å². The number of benzene rings is 1. The van der Waals surface area contributed by atoms with E-state index in [0.29, 0.717) is 54.0 Å². The van der Waals surface area contributed by atoms with Gasteiger partial charge in [0.05, 0.1) is 30.2 Å². The molecule has 0 unspecified atom stereocenters. The van der Waals surface area contributed by atoms with Crippen LogP contribution in [0.25, 0.3) is 22.0 Å². The topological polar surface area (TPSA) is 207 Å². The normalized spacial score (nSPS) is 27.5. The van der Waals surface area contributed by atoms with Crippen LogP contribution in [0.1, 0.15) is 100 Å². The molecule has 3 aromatic rings. The number of hydrogen-bond donors (Lipinski definition) is 4. The summed E-state index contributed by atoms with van der Waals surface area (Å²) >= 11 is 0. The van der Waals surface area contributed by atoms with Crippen LogP contribution >= 0.6 is 0 Å². The highest BCUT2D eigenvalue weighted by Gasteiger charge is 2.63. The summed E-state index contributed by atoms with van der Waals surface area (Å²) in [6, 6.07) is 8.29. The van der Waals surface area contributed by atoms with Gasteiger partial charge in [0.1, 0.15) is 29.5 Å². The van der Waals surface area contributed by atoms with E-state index in [2.05, 4.69) is 32.6 Å². The van der Waals surface area contributed by atoms with Gasteiger partial charge in [0, 0.05) is 41.1 Å². The number of carbonyl (C=O) groups excluding carboxylic acids is 4. The summed E-state index contributed by atoms with van der Waals surface area (Å²) in [5, 5.41) is 10.2. The van der Waals surface area contributed by atoms with Crippen molar-refractivity contribution in [3.63, 3.8) is 0 Å². The largest absolute Gasteiger partial charge is 0.497 e. The van der Waals surface area contributed by atoms with Crippen LogP contribution in [0.3, 0.4) is 0 Å². The zero-order valence-corrected chi connectivity index (χ0v) is 39.1. The third kappa shape index (κ3) is 10.2. The molecule has 16 nitrogen and oxygen atoms in total. The van der Waals surface area contributed by atoms with E-state index >= 15 is 4.79 Å². The first kappa shape index (κ1) is 46.5. The Morgan fingerprint density at radius 3 is 2.45 bits per heavy atom. The standard InChI is InChI=1S/C47H63N7O9S/c1-27(2)62-38-17-14-30(25-48-38)36-22-31-21-33(61-9)15-16-35(31)41(49-36)63-34-23-37-40(55)51-47(43(57)53-64(59,60)46(8)18-19-46)24-32(47)13-11-10-12-28(3)20-29(4)39(42(56)54(37)26-34)50-44(58)52-45(5,6)7/h11,13-17,21-22,25,27-29,32,34,37,39H,10,12,18-20,23-24,26H2,1-9H3,(H,51,55)(H,53,57)(H2,50,52,58)/b13-11-/t28-,29-,32-,34-,37+,39+,47-/m1/s1. The van der Waals surface area contributed by atoms with Crippen molar-refractivity contribution in [1.82, 2.24) is 35.5 Å². The van der Waals surface area contributed by atoms with Crippen molar-refractivity contribution in [1.29, 1.82) is 0 Å². The molecule has 1 saturated heterocycles. The maximum Gasteiger partial charge on any atom is 0.315 e. The first-order chi connectivity index (χ1) is 30.1. The Morgan fingerprint density at radius 1 is 1.05 bits per heavy atom. The third-order valence-corrected chi connectivity index (χ3v) is 14.9. The summed E-state index contributed by atoms with van der Waals surface area (Å²) < 4.78 is 46.0. The lowest BCUT2D eigenvalue weighted by atomic mass is 9.88. The monoisotopic (exact) mass is 901 g/mol. The van der Waals surface area contributed by atoms with Crippen molar-refractivity contribution in [3.05, 3.63) is 54.7 Å². The Labute approximate surface area is 376 Å². The molecule has 4 heterocycles. The van der Waals surface area contributed by atoms with Crippen LogP contribution in [0.5, 0.6) is 17.5 Å². The molecule has 4 N–H and O–H groups in total. The quantitative estimate of drug-likeness (QED) is 0.179. The van der Waals surface area contributed by atoms with Gasteiger partial charge in [0.2, 0.25) is 33.6 Å². The summed E-state index contributed by atoms with van der Waals surface area (Å²) in [7, 11) is -2.45. The Bertz CT molecular complexity index is 2410. The molecule has 7 atom stereocenters. The van der Waals surface area contributed by atoms with Gasteiger partial charge in [-0.05, 0) is 128 Å². The van der Waals surface area contributed by atoms with Crippen molar-refractivity contribution in [2.24, 2.45) is 17.8 Å². The molecule has 2 aromatic heterocycles. The van der Waals surface area contributed by atoms with Crippen molar-refractivity contribution < 1.29 is 41.8 Å². The highest BCUT2D eigenvalue weighted by atomic mass is 32.2. The molecule has 1 aromatic carbocycles. The molecule has 64 heavy (non-hydrogen) atoms. The number of rotatable bonds is 10. The van der Waals surface area contributed by atoms with E-state index in [1.54, 1.807) is 32.4 Å². The predicted molar refractivity (Wildman–Crippen MR) is 242 cm³/mol. The van der Waals surface area contributed by atoms with E-state index in [9.17, 15) is 22.8 Å². The third-order valence-electron chi connectivity index (χ3n) is 12.7. The smallest absolute Gasteiger partial charge is 0.315 e. The fraction of sp³-hybridized carbons (Fsp3) is 0.574. The average Bonchev–Trinajstić information content (AvgIpc) is 4.10. The molecule has 3 fully saturated rings. The molecule has 2 aliphatic heterocycles. The summed E-state index contributed by atoms with van der Waals surface area (Å²) in [4.78, 5) is 68.3. The van der Waals surface area contributed by atoms with Gasteiger partial charge in [0.25, 0.3) is 5.91 Å². The van der Waals surface area contributed by atoms with Crippen LogP contribution in [0, 0.1) is 17.8 Å². The van der Waals surface area contributed by atoms with Gasteiger partial charge < -0.3 is 35.1 Å². The first-order valence-electron chi connectivity index (χ1n) is 22.3. The second kappa shape index (κ2) is 17.8. The Morgan fingerprint density at radius 2 is 1.80 bits per heavy atom. The molecule has 0 radical (unpaired) electrons. The van der Waals surface area contributed by atoms with Crippen molar-refractivity contribution in [2.45, 2.75) is 140 Å². The molecule has 2 saturated carbocycles. The lowest BCUT2D eigenvalue weighted by Crippen LogP contribution is -2.60. The minimum Gasteiger partial charge on any atom is -0.497 e. The highest BCUT2D eigenvalue weighted by molar-refractivity contribution is 7.91. The summed E-state index contributed by atoms with van der Waals surface area (Å²) in [6.45, 7) is 14.9. The van der Waals surface area contributed by atoms with Crippen molar-refractivity contribution in [2.75, 3.05) is 13.7 Å². The summed E-state index contributed by atoms with van der Waals surface area (Å²) in [5.41, 5.74) is -0.912. The van der Waals surface area contributed by atoms with Crippen LogP contribution in [0.2, 0.25) is 0 Å². The maximum atomic E-state index is 15.1. The van der Waals surface area contributed by atoms with E-state index < -0.39 is 73.7 Å². The zero-order chi connectivity index (χ0) is 46.4. The lowest BCUT2D eigenvalue weighted by molar-refractivity contribution is -0.142. The molecule has 0 bridgehead atoms. The van der Waals surface area contributed by atoms with Gasteiger partial charge in [-0.25, -0.2) is 23.2 Å². The molecule has 346 valence electrons. The number of nitrogens with zero attached hydrogens (tertiary/aromatic N) is 3. The number of carbonyl (C=O) groups is 4. The summed E-state index contributed by atoms with van der Waals surface area (Å²) in [6.07, 6.45) is 7.75. The number of methoxy groups -OCH3 is 1. The summed E-state index contributed by atoms with van der Waals surface area (Å²) in [5.74, 6) is -1.26. The molecular formula is C47H63N7O9S. The van der Waals surface area contributed by atoms with Crippen LogP contribution in [0.4, 0.5) is 4.79 Å². The predicted octanol–water partition coefficient (Wildman–Crippen LogP) is 5.79. The second-order valence-electron chi connectivity index (χ2n) is 19.7. The molecular weight excluding hydrogens is 839 g/mol. The van der Waals surface area contributed by atoms with Gasteiger partial charge in [-0.2, -0.15) is 0 Å². The van der Waals surface area contributed by atoms with Gasteiger partial charge in [-0.3, -0.25) is 19.1 Å². The van der Waals surface area contributed by atoms with Crippen molar-refractivity contribution >= 4 is 44.5 Å². The van der Waals surface area contributed by atoms with Crippen LogP contribution in [-0.4, -0.2) is 101 Å². The SMILES string of the molecule is COc1ccc2c(O[C@@H]3C[C@H]4C(=O)N[C@]5(C(=O)NS(=O)(=O)C6(C)CC6)C[C@H]5/C=C\CC[C@@H](C)C[C@@H](C)[C@H](NC(=O)NC(C)(C)C)C(=O)N4C3)nc(-c3ccc(OC(C)C)nc3)cc2c1. The molecule has 4 aliphatic rings. The molecule has 5 amide bonds. The van der Waals surface area contributed by atoms with E-state index in [0.717, 1.165) is 11.8 Å². The lowest BCUT2D eigenvalue weighted by Gasteiger charge is -2.33. The van der Waals surface area contributed by atoms with Crippen molar-refractivity contribution in [3.8, 4) is 28.8 Å². The van der Waals surface area contributed by atoms with Gasteiger partial charge in [-0.1, -0.05) is 26.0 Å². The number of allylic oxidation sites excluding steroid dienone is 1. The Kier molecular flexibility index (Phi) is 13.0. The van der Waals surface area contributed by atoms with Gasteiger partial charge in [0.15, 0.2) is 0 Å². The highest BCUT2D eigenvalue weighted by Crippen LogP contribution is 2.48. The minimum atomic E-state index is -4.03. The van der Waals surface area contributed by atoms with E-state index in [1.165, 1.54) is 4.90 Å². The number of nitrogens with one attached hydrogen (secondary N) is 4. The average molecular weight is 902 g/mol. The number of amides is 5. The number of aromatic nitrogens is 2. The number of urea groups is 1. The molecule has 7 rings (SSSR count). The number of hydrogen-bond acceptors (Lipinski definition) is 11. The fourth-order valence-electron chi connectivity index (χ4n) is 8.68. The molecule has 17 heteroatoms. The first-order valence-corrected chi connectivity index (χ1v) is 23.8. The zero-order valence-electron chi connectivity index (χ0n) is 38.3. The van der Waals surface area contributed by atoms with Gasteiger partial charge in [-0.15, -0.1) is 0 Å². The number of ether oxygens (including phenoxy) is 3. The number of pyridine rings is 2. The van der Waals surface area contributed by atoms with E-state index in [4.69, 9.17) is 19.2 Å². The Hall–Kier alpha value is -5.45. The maximum absolute atomic E-state index is 15.1. The Balaban J connectivity index is 1.26. The minimum absolute atomic E-state index is 0.00416. The number of fused-ring (bicyclic) bond motifs is 3. The van der Waals surface area contributed by atoms with E-state index in [1.807, 2.05) is 78.0 Å². The van der Waals surface area contributed by atoms with Crippen LogP contribution in [0.15, 0.2) is 54.7 Å². The van der Waals surface area contributed by atoms with E-state index in [-0.39, 0.29) is 43.2 Å². The second-order valence-corrected chi connectivity index (χ2v) is 21.9. The van der Waals surface area contributed by atoms with Crippen LogP contribution < -0.4 is 34.9 Å². The molecule has 0 spiro atoms. The number of sulfonamides is 1. The fourth-order valence-corrected chi connectivity index (χ4v) is 10.00.